The molecular weight excluding hydrogens is 296 g/mol. The second-order valence-electron chi connectivity index (χ2n) is 4.27. The van der Waals surface area contributed by atoms with Gasteiger partial charge in [0, 0.05) is 22.8 Å². The summed E-state index contributed by atoms with van der Waals surface area (Å²) >= 11 is 7.43. The summed E-state index contributed by atoms with van der Waals surface area (Å²) in [6.07, 6.45) is 4.03. The minimum atomic E-state index is -0.0377. The lowest BCUT2D eigenvalue weighted by molar-refractivity contribution is 0.0989. The van der Waals surface area contributed by atoms with Crippen molar-refractivity contribution in [2.24, 2.45) is 0 Å². The maximum absolute atomic E-state index is 12.3. The van der Waals surface area contributed by atoms with Gasteiger partial charge in [-0.25, -0.2) is 4.98 Å². The van der Waals surface area contributed by atoms with Gasteiger partial charge in [0.25, 0.3) is 0 Å². The number of carbonyl (C=O) groups excluding carboxylic acids is 1. The number of nitrogens with zero attached hydrogens (tertiary/aromatic N) is 2. The molecule has 3 rings (SSSR count). The quantitative estimate of drug-likeness (QED) is 0.693. The predicted molar refractivity (Wildman–Crippen MR) is 79.1 cm³/mol. The van der Waals surface area contributed by atoms with E-state index >= 15 is 0 Å². The van der Waals surface area contributed by atoms with Crippen LogP contribution in [0.5, 0.6) is 5.75 Å². The molecule has 0 N–H and O–H groups in total. The van der Waals surface area contributed by atoms with Gasteiger partial charge in [0.05, 0.1) is 24.8 Å². The largest absolute Gasteiger partial charge is 0.496 e. The number of rotatable bonds is 4. The van der Waals surface area contributed by atoms with E-state index in [2.05, 4.69) is 4.98 Å². The average molecular weight is 307 g/mol. The number of carbonyl (C=O) groups is 1. The van der Waals surface area contributed by atoms with E-state index in [1.807, 2.05) is 22.2 Å². The second kappa shape index (κ2) is 5.26. The monoisotopic (exact) mass is 306 g/mol. The van der Waals surface area contributed by atoms with Crippen LogP contribution in [-0.2, 0) is 6.42 Å². The molecule has 0 aliphatic carbocycles. The van der Waals surface area contributed by atoms with E-state index in [1.54, 1.807) is 18.2 Å². The number of hydrogen-bond donors (Lipinski definition) is 0. The SMILES string of the molecule is COc1cc(Cl)ccc1C(=O)Cc1cn2ccsc2n1. The third-order valence-corrected chi connectivity index (χ3v) is 3.95. The van der Waals surface area contributed by atoms with Gasteiger partial charge in [0.1, 0.15) is 5.75 Å². The Kier molecular flexibility index (Phi) is 3.46. The third-order valence-electron chi connectivity index (χ3n) is 2.95. The van der Waals surface area contributed by atoms with Gasteiger partial charge in [-0.2, -0.15) is 0 Å². The third kappa shape index (κ3) is 2.42. The van der Waals surface area contributed by atoms with Crippen LogP contribution in [-0.4, -0.2) is 22.3 Å². The molecule has 0 atom stereocenters. The van der Waals surface area contributed by atoms with Crippen molar-refractivity contribution < 1.29 is 9.53 Å². The van der Waals surface area contributed by atoms with Gasteiger partial charge in [-0.3, -0.25) is 9.20 Å². The van der Waals surface area contributed by atoms with Crippen LogP contribution in [0.2, 0.25) is 5.02 Å². The minimum absolute atomic E-state index is 0.0377. The molecule has 0 radical (unpaired) electrons. The van der Waals surface area contributed by atoms with Crippen LogP contribution in [0.4, 0.5) is 0 Å². The van der Waals surface area contributed by atoms with Crippen molar-refractivity contribution in [3.63, 3.8) is 0 Å². The first-order chi connectivity index (χ1) is 9.67. The summed E-state index contributed by atoms with van der Waals surface area (Å²) in [7, 11) is 1.52. The Morgan fingerprint density at radius 3 is 3.10 bits per heavy atom. The molecule has 102 valence electrons. The predicted octanol–water partition coefficient (Wildman–Crippen LogP) is 3.48. The van der Waals surface area contributed by atoms with Crippen molar-refractivity contribution in [1.82, 2.24) is 9.38 Å². The second-order valence-corrected chi connectivity index (χ2v) is 5.58. The number of ether oxygens (including phenoxy) is 1. The van der Waals surface area contributed by atoms with E-state index in [9.17, 15) is 4.79 Å². The number of thiazole rings is 1. The van der Waals surface area contributed by atoms with Gasteiger partial charge < -0.3 is 4.74 Å². The molecule has 4 nitrogen and oxygen atoms in total. The standard InChI is InChI=1S/C14H11ClN2O2S/c1-19-13-6-9(15)2-3-11(13)12(18)7-10-8-17-4-5-20-14(17)16-10/h2-6,8H,7H2,1H3. The van der Waals surface area contributed by atoms with Gasteiger partial charge in [0.15, 0.2) is 10.7 Å². The highest BCUT2D eigenvalue weighted by molar-refractivity contribution is 7.15. The lowest BCUT2D eigenvalue weighted by Gasteiger charge is -2.07. The summed E-state index contributed by atoms with van der Waals surface area (Å²) in [5, 5.41) is 2.50. The summed E-state index contributed by atoms with van der Waals surface area (Å²) in [4.78, 5) is 17.6. The Hall–Kier alpha value is -1.85. The molecule has 2 heterocycles. The zero-order chi connectivity index (χ0) is 14.1. The maximum Gasteiger partial charge on any atom is 0.193 e. The molecule has 0 bridgehead atoms. The zero-order valence-corrected chi connectivity index (χ0v) is 12.2. The van der Waals surface area contributed by atoms with E-state index in [-0.39, 0.29) is 12.2 Å². The molecule has 0 aliphatic rings. The fourth-order valence-corrected chi connectivity index (χ4v) is 2.90. The van der Waals surface area contributed by atoms with Crippen molar-refractivity contribution in [3.8, 4) is 5.75 Å². The summed E-state index contributed by atoms with van der Waals surface area (Å²) in [6.45, 7) is 0. The molecular formula is C14H11ClN2O2S. The van der Waals surface area contributed by atoms with Crippen LogP contribution in [0.25, 0.3) is 4.96 Å². The first kappa shape index (κ1) is 13.1. The maximum atomic E-state index is 12.3. The highest BCUT2D eigenvalue weighted by Crippen LogP contribution is 2.24. The highest BCUT2D eigenvalue weighted by atomic mass is 35.5. The van der Waals surface area contributed by atoms with E-state index < -0.39 is 0 Å². The van der Waals surface area contributed by atoms with Gasteiger partial charge in [-0.05, 0) is 18.2 Å². The number of ketones is 1. The number of methoxy groups -OCH3 is 1. The number of fused-ring (bicyclic) bond motifs is 1. The molecule has 20 heavy (non-hydrogen) atoms. The van der Waals surface area contributed by atoms with Crippen LogP contribution in [0.15, 0.2) is 36.0 Å². The minimum Gasteiger partial charge on any atom is -0.496 e. The molecule has 0 saturated heterocycles. The topological polar surface area (TPSA) is 43.6 Å². The Morgan fingerprint density at radius 1 is 1.50 bits per heavy atom. The van der Waals surface area contributed by atoms with Crippen molar-refractivity contribution in [2.45, 2.75) is 6.42 Å². The van der Waals surface area contributed by atoms with Gasteiger partial charge >= 0.3 is 0 Å². The van der Waals surface area contributed by atoms with Crippen LogP contribution < -0.4 is 4.74 Å². The number of benzene rings is 1. The normalized spacial score (nSPS) is 10.9. The average Bonchev–Trinajstić information content (AvgIpc) is 2.99. The molecule has 6 heteroatoms. The number of halogens is 1. The van der Waals surface area contributed by atoms with Gasteiger partial charge in [-0.1, -0.05) is 11.6 Å². The number of aromatic nitrogens is 2. The van der Waals surface area contributed by atoms with Crippen molar-refractivity contribution in [3.05, 3.63) is 52.3 Å². The molecule has 2 aromatic heterocycles. The van der Waals surface area contributed by atoms with E-state index in [0.29, 0.717) is 16.3 Å². The van der Waals surface area contributed by atoms with Crippen molar-refractivity contribution >= 4 is 33.7 Å². The van der Waals surface area contributed by atoms with Crippen molar-refractivity contribution in [1.29, 1.82) is 0 Å². The lowest BCUT2D eigenvalue weighted by atomic mass is 10.1. The molecule has 0 saturated carbocycles. The molecule has 1 aromatic carbocycles. The molecule has 0 fully saturated rings. The summed E-state index contributed by atoms with van der Waals surface area (Å²) in [5.74, 6) is 0.452. The Labute approximate surface area is 124 Å². The van der Waals surface area contributed by atoms with E-state index in [1.165, 1.54) is 18.4 Å². The summed E-state index contributed by atoms with van der Waals surface area (Å²) in [5.41, 5.74) is 1.27. The zero-order valence-electron chi connectivity index (χ0n) is 10.7. The first-order valence-electron chi connectivity index (χ1n) is 5.95. The number of hydrogen-bond acceptors (Lipinski definition) is 4. The molecule has 0 spiro atoms. The van der Waals surface area contributed by atoms with Crippen LogP contribution in [0.1, 0.15) is 16.1 Å². The Balaban J connectivity index is 1.87. The van der Waals surface area contributed by atoms with Crippen LogP contribution in [0, 0.1) is 0 Å². The molecule has 0 unspecified atom stereocenters. The Bertz CT molecular complexity index is 750. The van der Waals surface area contributed by atoms with E-state index in [0.717, 1.165) is 10.7 Å². The number of imidazole rings is 1. The number of Topliss-reactive ketones (excluding diaryl/α,β-unsaturated/α-hetero) is 1. The van der Waals surface area contributed by atoms with Gasteiger partial charge in [0.2, 0.25) is 0 Å². The molecule has 0 aliphatic heterocycles. The fraction of sp³-hybridized carbons (Fsp3) is 0.143. The first-order valence-corrected chi connectivity index (χ1v) is 7.21. The van der Waals surface area contributed by atoms with Gasteiger partial charge in [-0.15, -0.1) is 11.3 Å². The smallest absolute Gasteiger partial charge is 0.193 e. The van der Waals surface area contributed by atoms with E-state index in [4.69, 9.17) is 16.3 Å². The summed E-state index contributed by atoms with van der Waals surface area (Å²) < 4.78 is 7.11. The van der Waals surface area contributed by atoms with Crippen molar-refractivity contribution in [2.75, 3.05) is 7.11 Å². The molecule has 0 amide bonds. The summed E-state index contributed by atoms with van der Waals surface area (Å²) in [6, 6.07) is 5.01. The molecule has 3 aromatic rings. The van der Waals surface area contributed by atoms with Crippen LogP contribution in [0.3, 0.4) is 0 Å². The highest BCUT2D eigenvalue weighted by Gasteiger charge is 2.15. The lowest BCUT2D eigenvalue weighted by Crippen LogP contribution is -2.06. The Morgan fingerprint density at radius 2 is 2.35 bits per heavy atom. The fourth-order valence-electron chi connectivity index (χ4n) is 2.02. The van der Waals surface area contributed by atoms with Crippen LogP contribution >= 0.6 is 22.9 Å².